The van der Waals surface area contributed by atoms with E-state index in [-0.39, 0.29) is 5.96 Å². The van der Waals surface area contributed by atoms with Crippen LogP contribution in [0.5, 0.6) is 0 Å². The SMILES string of the molecule is C=C.Cc1cc2cc(NC(N)=Nc3nc4ccccc4[nH]3)ccc2o1. The summed E-state index contributed by atoms with van der Waals surface area (Å²) in [6, 6.07) is 15.5. The summed E-state index contributed by atoms with van der Waals surface area (Å²) in [7, 11) is 0. The van der Waals surface area contributed by atoms with Crippen molar-refractivity contribution in [1.29, 1.82) is 0 Å². The first-order valence-electron chi connectivity index (χ1n) is 7.73. The highest BCUT2D eigenvalue weighted by atomic mass is 16.3. The molecule has 4 rings (SSSR count). The van der Waals surface area contributed by atoms with E-state index in [0.717, 1.165) is 33.5 Å². The molecule has 2 aromatic carbocycles. The quantitative estimate of drug-likeness (QED) is 0.286. The van der Waals surface area contributed by atoms with Crippen molar-refractivity contribution < 1.29 is 4.42 Å². The number of aromatic nitrogens is 2. The molecule has 4 N–H and O–H groups in total. The maximum absolute atomic E-state index is 5.96. The Hall–Kier alpha value is -3.54. The Morgan fingerprint density at radius 2 is 2.00 bits per heavy atom. The minimum atomic E-state index is 0.267. The fourth-order valence-corrected chi connectivity index (χ4v) is 2.54. The van der Waals surface area contributed by atoms with Crippen molar-refractivity contribution in [3.8, 4) is 0 Å². The molecule has 0 bridgehead atoms. The molecule has 0 aliphatic rings. The highest BCUT2D eigenvalue weighted by Crippen LogP contribution is 2.22. The molecule has 2 aromatic heterocycles. The highest BCUT2D eigenvalue weighted by Gasteiger charge is 2.04. The summed E-state index contributed by atoms with van der Waals surface area (Å²) in [4.78, 5) is 11.8. The van der Waals surface area contributed by atoms with Gasteiger partial charge in [-0.1, -0.05) is 12.1 Å². The number of para-hydroxylation sites is 2. The van der Waals surface area contributed by atoms with Crippen LogP contribution in [0, 0.1) is 6.92 Å². The first kappa shape index (κ1) is 16.3. The standard InChI is InChI=1S/C17H15N5O.C2H4/c1-10-8-11-9-12(6-7-15(11)23-10)19-16(18)22-17-20-13-4-2-3-5-14(13)21-17;1-2/h2-9H,1H3,(H4,18,19,20,21,22);1-2H2. The number of nitrogens with zero attached hydrogens (tertiary/aromatic N) is 2. The Morgan fingerprint density at radius 3 is 2.80 bits per heavy atom. The van der Waals surface area contributed by atoms with Crippen LogP contribution in [0.1, 0.15) is 5.76 Å². The summed E-state index contributed by atoms with van der Waals surface area (Å²) >= 11 is 0. The second-order valence-corrected chi connectivity index (χ2v) is 5.31. The first-order chi connectivity index (χ1) is 12.2. The monoisotopic (exact) mass is 333 g/mol. The number of fused-ring (bicyclic) bond motifs is 2. The van der Waals surface area contributed by atoms with E-state index in [9.17, 15) is 0 Å². The topological polar surface area (TPSA) is 92.2 Å². The van der Waals surface area contributed by atoms with Gasteiger partial charge in [0.05, 0.1) is 11.0 Å². The van der Waals surface area contributed by atoms with E-state index in [1.165, 1.54) is 0 Å². The smallest absolute Gasteiger partial charge is 0.231 e. The van der Waals surface area contributed by atoms with Crippen LogP contribution in [0.3, 0.4) is 0 Å². The lowest BCUT2D eigenvalue weighted by Gasteiger charge is -2.04. The van der Waals surface area contributed by atoms with Gasteiger partial charge in [-0.15, -0.1) is 13.2 Å². The average Bonchev–Trinajstić information content (AvgIpc) is 3.17. The van der Waals surface area contributed by atoms with Crippen molar-refractivity contribution >= 4 is 39.6 Å². The molecular formula is C19H19N5O. The molecule has 126 valence electrons. The van der Waals surface area contributed by atoms with Crippen LogP contribution in [0.25, 0.3) is 22.0 Å². The Bertz CT molecular complexity index is 1010. The maximum atomic E-state index is 5.96. The molecule has 4 aromatic rings. The number of guanidine groups is 1. The van der Waals surface area contributed by atoms with Crippen molar-refractivity contribution in [3.63, 3.8) is 0 Å². The van der Waals surface area contributed by atoms with Gasteiger partial charge in [0, 0.05) is 11.1 Å². The van der Waals surface area contributed by atoms with Gasteiger partial charge in [0.15, 0.2) is 0 Å². The minimum absolute atomic E-state index is 0.267. The Kier molecular flexibility index (Phi) is 4.52. The molecule has 0 amide bonds. The fraction of sp³-hybridized carbons (Fsp3) is 0.0526. The largest absolute Gasteiger partial charge is 0.461 e. The molecule has 0 spiro atoms. The average molecular weight is 333 g/mol. The van der Waals surface area contributed by atoms with E-state index in [2.05, 4.69) is 33.4 Å². The van der Waals surface area contributed by atoms with Crippen LogP contribution in [0.4, 0.5) is 11.6 Å². The third-order valence-electron chi connectivity index (χ3n) is 3.52. The lowest BCUT2D eigenvalue weighted by atomic mass is 10.2. The van der Waals surface area contributed by atoms with Crippen molar-refractivity contribution in [3.05, 3.63) is 67.4 Å². The predicted molar refractivity (Wildman–Crippen MR) is 103 cm³/mol. The van der Waals surface area contributed by atoms with Crippen LogP contribution in [0.15, 0.2) is 71.1 Å². The summed E-state index contributed by atoms with van der Waals surface area (Å²) in [5.74, 6) is 1.61. The summed E-state index contributed by atoms with van der Waals surface area (Å²) in [5.41, 5.74) is 9.44. The van der Waals surface area contributed by atoms with E-state index >= 15 is 0 Å². The fourth-order valence-electron chi connectivity index (χ4n) is 2.54. The van der Waals surface area contributed by atoms with Crippen LogP contribution in [0.2, 0.25) is 0 Å². The van der Waals surface area contributed by atoms with Gasteiger partial charge in [-0.05, 0) is 43.3 Å². The number of aliphatic imine (C=N–C) groups is 1. The zero-order valence-corrected chi connectivity index (χ0v) is 13.9. The second kappa shape index (κ2) is 6.92. The Morgan fingerprint density at radius 1 is 1.20 bits per heavy atom. The molecule has 0 unspecified atom stereocenters. The van der Waals surface area contributed by atoms with Gasteiger partial charge < -0.3 is 20.5 Å². The van der Waals surface area contributed by atoms with E-state index in [1.54, 1.807) is 0 Å². The van der Waals surface area contributed by atoms with Gasteiger partial charge in [-0.3, -0.25) is 0 Å². The number of hydrogen-bond donors (Lipinski definition) is 3. The lowest BCUT2D eigenvalue weighted by molar-refractivity contribution is 0.578. The number of furan rings is 1. The molecule has 6 nitrogen and oxygen atoms in total. The summed E-state index contributed by atoms with van der Waals surface area (Å²) in [6.45, 7) is 7.92. The van der Waals surface area contributed by atoms with E-state index < -0.39 is 0 Å². The molecule has 25 heavy (non-hydrogen) atoms. The van der Waals surface area contributed by atoms with Crippen LogP contribution >= 0.6 is 0 Å². The zero-order chi connectivity index (χ0) is 17.8. The van der Waals surface area contributed by atoms with E-state index in [4.69, 9.17) is 10.2 Å². The zero-order valence-electron chi connectivity index (χ0n) is 13.9. The molecule has 0 atom stereocenters. The van der Waals surface area contributed by atoms with Gasteiger partial charge in [-0.25, -0.2) is 4.98 Å². The lowest BCUT2D eigenvalue weighted by Crippen LogP contribution is -2.21. The molecule has 0 aliphatic carbocycles. The summed E-state index contributed by atoms with van der Waals surface area (Å²) in [5, 5.41) is 4.08. The van der Waals surface area contributed by atoms with E-state index in [1.807, 2.05) is 55.5 Å². The Labute approximate surface area is 145 Å². The number of nitrogens with two attached hydrogens (primary N) is 1. The van der Waals surface area contributed by atoms with Crippen molar-refractivity contribution in [2.75, 3.05) is 5.32 Å². The molecule has 0 radical (unpaired) electrons. The third-order valence-corrected chi connectivity index (χ3v) is 3.52. The predicted octanol–water partition coefficient (Wildman–Crippen LogP) is 4.48. The minimum Gasteiger partial charge on any atom is -0.461 e. The molecule has 0 fully saturated rings. The van der Waals surface area contributed by atoms with Crippen molar-refractivity contribution in [1.82, 2.24) is 9.97 Å². The molecule has 2 heterocycles. The number of H-pyrrole nitrogens is 1. The van der Waals surface area contributed by atoms with Gasteiger partial charge in [-0.2, -0.15) is 4.99 Å². The molecule has 0 saturated heterocycles. The third kappa shape index (κ3) is 3.53. The normalized spacial score (nSPS) is 11.3. The molecular weight excluding hydrogens is 314 g/mol. The number of aromatic amines is 1. The number of hydrogen-bond acceptors (Lipinski definition) is 3. The number of aryl methyl sites for hydroxylation is 1. The summed E-state index contributed by atoms with van der Waals surface area (Å²) < 4.78 is 5.55. The number of imidazole rings is 1. The van der Waals surface area contributed by atoms with Gasteiger partial charge >= 0.3 is 0 Å². The number of anilines is 1. The molecule has 0 saturated carbocycles. The van der Waals surface area contributed by atoms with Crippen LogP contribution in [-0.2, 0) is 0 Å². The van der Waals surface area contributed by atoms with Crippen LogP contribution < -0.4 is 11.1 Å². The van der Waals surface area contributed by atoms with E-state index in [0.29, 0.717) is 5.95 Å². The maximum Gasteiger partial charge on any atom is 0.231 e. The van der Waals surface area contributed by atoms with Crippen molar-refractivity contribution in [2.45, 2.75) is 6.92 Å². The van der Waals surface area contributed by atoms with Gasteiger partial charge in [0.2, 0.25) is 11.9 Å². The molecule has 0 aliphatic heterocycles. The first-order valence-corrected chi connectivity index (χ1v) is 7.73. The van der Waals surface area contributed by atoms with Crippen LogP contribution in [-0.4, -0.2) is 15.9 Å². The van der Waals surface area contributed by atoms with Gasteiger partial charge in [0.1, 0.15) is 11.3 Å². The molecule has 6 heteroatoms. The number of rotatable bonds is 2. The Balaban J connectivity index is 0.000000880. The van der Waals surface area contributed by atoms with Crippen molar-refractivity contribution in [2.24, 2.45) is 10.7 Å². The second-order valence-electron chi connectivity index (χ2n) is 5.31. The number of benzene rings is 2. The highest BCUT2D eigenvalue weighted by molar-refractivity contribution is 5.96. The summed E-state index contributed by atoms with van der Waals surface area (Å²) in [6.07, 6.45) is 0. The number of nitrogens with one attached hydrogen (secondary N) is 2. The van der Waals surface area contributed by atoms with Gasteiger partial charge in [0.25, 0.3) is 0 Å².